The van der Waals surface area contributed by atoms with Crippen molar-refractivity contribution in [3.8, 4) is 0 Å². The van der Waals surface area contributed by atoms with Crippen LogP contribution in [0.5, 0.6) is 0 Å². The Bertz CT molecular complexity index is 605. The second-order valence-corrected chi connectivity index (χ2v) is 7.23. The van der Waals surface area contributed by atoms with E-state index >= 15 is 0 Å². The molecule has 2 atom stereocenters. The van der Waals surface area contributed by atoms with Crippen molar-refractivity contribution in [2.24, 2.45) is 0 Å². The SMILES string of the molecule is COCCc1noc(CN2CCS[C@H](C)[C@H]2c2ccccc2)n1. The second-order valence-electron chi connectivity index (χ2n) is 5.75. The van der Waals surface area contributed by atoms with Crippen molar-refractivity contribution in [3.05, 3.63) is 47.6 Å². The van der Waals surface area contributed by atoms with Crippen LogP contribution in [0.3, 0.4) is 0 Å². The lowest BCUT2D eigenvalue weighted by atomic mass is 10.0. The molecule has 0 spiro atoms. The number of ether oxygens (including phenoxy) is 1. The minimum absolute atomic E-state index is 0.379. The smallest absolute Gasteiger partial charge is 0.240 e. The highest BCUT2D eigenvalue weighted by atomic mass is 32.2. The minimum atomic E-state index is 0.379. The maximum Gasteiger partial charge on any atom is 0.240 e. The molecule has 1 aromatic carbocycles. The largest absolute Gasteiger partial charge is 0.384 e. The quantitative estimate of drug-likeness (QED) is 0.810. The highest BCUT2D eigenvalue weighted by Gasteiger charge is 2.31. The molecule has 6 heteroatoms. The van der Waals surface area contributed by atoms with Crippen LogP contribution in [0.15, 0.2) is 34.9 Å². The molecule has 1 aromatic heterocycles. The van der Waals surface area contributed by atoms with Gasteiger partial charge in [0.25, 0.3) is 0 Å². The summed E-state index contributed by atoms with van der Waals surface area (Å²) in [6.45, 7) is 4.64. The molecule has 1 aliphatic heterocycles. The summed E-state index contributed by atoms with van der Waals surface area (Å²) in [5, 5.41) is 4.58. The third-order valence-electron chi connectivity index (χ3n) is 4.12. The summed E-state index contributed by atoms with van der Waals surface area (Å²) in [4.78, 5) is 6.94. The number of thioether (sulfide) groups is 1. The average molecular weight is 333 g/mol. The molecule has 23 heavy (non-hydrogen) atoms. The molecule has 0 radical (unpaired) electrons. The van der Waals surface area contributed by atoms with Crippen molar-refractivity contribution >= 4 is 11.8 Å². The summed E-state index contributed by atoms with van der Waals surface area (Å²) in [7, 11) is 1.68. The molecule has 1 fully saturated rings. The Balaban J connectivity index is 1.72. The Morgan fingerprint density at radius 1 is 1.35 bits per heavy atom. The first kappa shape index (κ1) is 16.5. The van der Waals surface area contributed by atoms with E-state index in [1.807, 2.05) is 11.8 Å². The van der Waals surface area contributed by atoms with E-state index in [0.29, 0.717) is 36.8 Å². The van der Waals surface area contributed by atoms with Gasteiger partial charge in [-0.2, -0.15) is 16.7 Å². The van der Waals surface area contributed by atoms with Crippen LogP contribution in [0.2, 0.25) is 0 Å². The Hall–Kier alpha value is -1.37. The number of benzene rings is 1. The average Bonchev–Trinajstić information content (AvgIpc) is 3.01. The number of methoxy groups -OCH3 is 1. The lowest BCUT2D eigenvalue weighted by molar-refractivity contribution is 0.167. The van der Waals surface area contributed by atoms with Crippen LogP contribution in [0.1, 0.15) is 30.2 Å². The molecule has 5 nitrogen and oxygen atoms in total. The van der Waals surface area contributed by atoms with Crippen molar-refractivity contribution in [1.82, 2.24) is 15.0 Å². The summed E-state index contributed by atoms with van der Waals surface area (Å²) >= 11 is 2.03. The van der Waals surface area contributed by atoms with Gasteiger partial charge >= 0.3 is 0 Å². The van der Waals surface area contributed by atoms with Gasteiger partial charge in [-0.05, 0) is 5.56 Å². The molecule has 2 heterocycles. The van der Waals surface area contributed by atoms with Gasteiger partial charge in [0.15, 0.2) is 5.82 Å². The van der Waals surface area contributed by atoms with Crippen LogP contribution in [-0.4, -0.2) is 46.3 Å². The van der Waals surface area contributed by atoms with Crippen LogP contribution < -0.4 is 0 Å². The van der Waals surface area contributed by atoms with E-state index in [1.54, 1.807) is 7.11 Å². The lowest BCUT2D eigenvalue weighted by Crippen LogP contribution is -2.39. The Morgan fingerprint density at radius 2 is 2.17 bits per heavy atom. The van der Waals surface area contributed by atoms with E-state index in [4.69, 9.17) is 9.26 Å². The van der Waals surface area contributed by atoms with Gasteiger partial charge < -0.3 is 9.26 Å². The van der Waals surface area contributed by atoms with Gasteiger partial charge in [-0.3, -0.25) is 4.90 Å². The molecule has 0 aliphatic carbocycles. The number of aromatic nitrogens is 2. The number of rotatable bonds is 6. The van der Waals surface area contributed by atoms with Gasteiger partial charge in [-0.15, -0.1) is 0 Å². The van der Waals surface area contributed by atoms with Crippen molar-refractivity contribution in [3.63, 3.8) is 0 Å². The van der Waals surface area contributed by atoms with Crippen LogP contribution in [-0.2, 0) is 17.7 Å². The number of nitrogens with zero attached hydrogens (tertiary/aromatic N) is 3. The van der Waals surface area contributed by atoms with E-state index in [-0.39, 0.29) is 0 Å². The summed E-state index contributed by atoms with van der Waals surface area (Å²) in [6, 6.07) is 11.1. The Labute approximate surface area is 141 Å². The van der Waals surface area contributed by atoms with Crippen LogP contribution in [0, 0.1) is 0 Å². The molecule has 1 aliphatic rings. The fourth-order valence-corrected chi connectivity index (χ4v) is 4.24. The molecular formula is C17H23N3O2S. The van der Waals surface area contributed by atoms with Crippen molar-refractivity contribution in [1.29, 1.82) is 0 Å². The van der Waals surface area contributed by atoms with Gasteiger partial charge in [-0.1, -0.05) is 42.4 Å². The zero-order valence-corrected chi connectivity index (χ0v) is 14.5. The third kappa shape index (κ3) is 4.13. The first-order valence-corrected chi connectivity index (χ1v) is 9.04. The zero-order valence-electron chi connectivity index (χ0n) is 13.6. The zero-order chi connectivity index (χ0) is 16.1. The van der Waals surface area contributed by atoms with E-state index in [9.17, 15) is 0 Å². The highest BCUT2D eigenvalue weighted by Crippen LogP contribution is 2.36. The molecule has 0 saturated carbocycles. The van der Waals surface area contributed by atoms with E-state index < -0.39 is 0 Å². The van der Waals surface area contributed by atoms with Gasteiger partial charge in [-0.25, -0.2) is 0 Å². The number of hydrogen-bond donors (Lipinski definition) is 0. The van der Waals surface area contributed by atoms with Crippen molar-refractivity contribution in [2.45, 2.75) is 31.2 Å². The van der Waals surface area contributed by atoms with Crippen molar-refractivity contribution in [2.75, 3.05) is 26.0 Å². The normalized spacial score (nSPS) is 22.3. The topological polar surface area (TPSA) is 51.4 Å². The van der Waals surface area contributed by atoms with Gasteiger partial charge in [0.2, 0.25) is 5.89 Å². The second kappa shape index (κ2) is 7.95. The maximum absolute atomic E-state index is 5.42. The molecule has 0 N–H and O–H groups in total. The van der Waals surface area contributed by atoms with Crippen LogP contribution >= 0.6 is 11.8 Å². The molecule has 1 saturated heterocycles. The summed E-state index contributed by atoms with van der Waals surface area (Å²) < 4.78 is 10.5. The maximum atomic E-state index is 5.42. The molecule has 0 amide bonds. The molecule has 124 valence electrons. The summed E-state index contributed by atoms with van der Waals surface area (Å²) in [6.07, 6.45) is 0.689. The van der Waals surface area contributed by atoms with Crippen LogP contribution in [0.4, 0.5) is 0 Å². The third-order valence-corrected chi connectivity index (χ3v) is 5.32. The van der Waals surface area contributed by atoms with Gasteiger partial charge in [0.1, 0.15) is 0 Å². The fraction of sp³-hybridized carbons (Fsp3) is 0.529. The minimum Gasteiger partial charge on any atom is -0.384 e. The molecule has 0 bridgehead atoms. The molecular weight excluding hydrogens is 310 g/mol. The summed E-state index contributed by atoms with van der Waals surface area (Å²) in [5.74, 6) is 2.54. The molecule has 3 rings (SSSR count). The summed E-state index contributed by atoms with van der Waals surface area (Å²) in [5.41, 5.74) is 1.35. The predicted octanol–water partition coefficient (Wildman–Crippen LogP) is 2.94. The first-order valence-electron chi connectivity index (χ1n) is 7.99. The monoisotopic (exact) mass is 333 g/mol. The lowest BCUT2D eigenvalue weighted by Gasteiger charge is -2.39. The molecule has 0 unspecified atom stereocenters. The first-order chi connectivity index (χ1) is 11.3. The van der Waals surface area contributed by atoms with E-state index in [2.05, 4.69) is 52.3 Å². The van der Waals surface area contributed by atoms with Crippen molar-refractivity contribution < 1.29 is 9.26 Å². The Morgan fingerprint density at radius 3 is 2.96 bits per heavy atom. The predicted molar refractivity (Wildman–Crippen MR) is 91.4 cm³/mol. The highest BCUT2D eigenvalue weighted by molar-refractivity contribution is 8.00. The van der Waals surface area contributed by atoms with E-state index in [1.165, 1.54) is 5.56 Å². The molecule has 2 aromatic rings. The van der Waals surface area contributed by atoms with Gasteiger partial charge in [0.05, 0.1) is 13.2 Å². The Kier molecular flexibility index (Phi) is 5.70. The standard InChI is InChI=1S/C17H23N3O2S/c1-13-17(14-6-4-3-5-7-14)20(9-11-23-13)12-16-18-15(19-22-16)8-10-21-2/h3-7,13,17H,8-12H2,1-2H3/t13-,17+/m1/s1. The van der Waals surface area contributed by atoms with E-state index in [0.717, 1.165) is 18.1 Å². The van der Waals surface area contributed by atoms with Crippen LogP contribution in [0.25, 0.3) is 0 Å². The number of hydrogen-bond acceptors (Lipinski definition) is 6. The fourth-order valence-electron chi connectivity index (χ4n) is 3.02. The van der Waals surface area contributed by atoms with Gasteiger partial charge in [0, 0.05) is 37.1 Å².